The van der Waals surface area contributed by atoms with Crippen molar-refractivity contribution in [2.45, 2.75) is 11.4 Å². The average Bonchev–Trinajstić information content (AvgIpc) is 2.39. The Balaban J connectivity index is 2.43. The quantitative estimate of drug-likeness (QED) is 0.837. The zero-order valence-electron chi connectivity index (χ0n) is 9.11. The molecule has 0 aliphatic carbocycles. The molecule has 0 amide bonds. The predicted molar refractivity (Wildman–Crippen MR) is 74.6 cm³/mol. The molecule has 0 saturated heterocycles. The molecule has 0 aliphatic rings. The van der Waals surface area contributed by atoms with E-state index in [4.69, 9.17) is 11.6 Å². The monoisotopic (exact) mass is 310 g/mol. The van der Waals surface area contributed by atoms with E-state index < -0.39 is 0 Å². The molecule has 3 heteroatoms. The molecule has 1 nitrogen and oxygen atoms in total. The number of rotatable bonds is 3. The second-order valence-electron chi connectivity index (χ2n) is 3.77. The SMILES string of the molecule is OCc1ccc(Cl)cc1C(Br)c1ccccc1. The van der Waals surface area contributed by atoms with E-state index >= 15 is 0 Å². The van der Waals surface area contributed by atoms with Gasteiger partial charge < -0.3 is 5.11 Å². The second kappa shape index (κ2) is 5.67. The average molecular weight is 312 g/mol. The van der Waals surface area contributed by atoms with Gasteiger partial charge in [-0.15, -0.1) is 0 Å². The normalized spacial score (nSPS) is 12.4. The molecule has 1 unspecified atom stereocenters. The lowest BCUT2D eigenvalue weighted by Crippen LogP contribution is -1.98. The first-order valence-corrected chi connectivity index (χ1v) is 6.60. The summed E-state index contributed by atoms with van der Waals surface area (Å²) >= 11 is 9.65. The Bertz CT molecular complexity index is 499. The van der Waals surface area contributed by atoms with Gasteiger partial charge in [-0.1, -0.05) is 63.9 Å². The third-order valence-electron chi connectivity index (χ3n) is 2.64. The molecular weight excluding hydrogens is 300 g/mol. The molecule has 0 aliphatic heterocycles. The van der Waals surface area contributed by atoms with Crippen molar-refractivity contribution < 1.29 is 5.11 Å². The molecule has 0 heterocycles. The largest absolute Gasteiger partial charge is 0.392 e. The first-order valence-electron chi connectivity index (χ1n) is 5.30. The second-order valence-corrected chi connectivity index (χ2v) is 5.13. The number of halogens is 2. The molecule has 0 aromatic heterocycles. The Morgan fingerprint density at radius 2 is 1.82 bits per heavy atom. The molecule has 1 atom stereocenters. The number of benzene rings is 2. The van der Waals surface area contributed by atoms with Crippen molar-refractivity contribution in [3.05, 3.63) is 70.2 Å². The number of hydrogen-bond acceptors (Lipinski definition) is 1. The van der Waals surface area contributed by atoms with Crippen LogP contribution in [0, 0.1) is 0 Å². The zero-order chi connectivity index (χ0) is 12.3. The van der Waals surface area contributed by atoms with Crippen LogP contribution < -0.4 is 0 Å². The first-order chi connectivity index (χ1) is 8.22. The first kappa shape index (κ1) is 12.6. The molecule has 2 aromatic carbocycles. The van der Waals surface area contributed by atoms with E-state index in [9.17, 15) is 5.11 Å². The van der Waals surface area contributed by atoms with Crippen molar-refractivity contribution in [3.63, 3.8) is 0 Å². The summed E-state index contributed by atoms with van der Waals surface area (Å²) < 4.78 is 0. The Labute approximate surface area is 114 Å². The summed E-state index contributed by atoms with van der Waals surface area (Å²) in [4.78, 5) is 0.0459. The molecule has 2 aromatic rings. The summed E-state index contributed by atoms with van der Waals surface area (Å²) in [6, 6.07) is 15.6. The van der Waals surface area contributed by atoms with Gasteiger partial charge in [-0.3, -0.25) is 0 Å². The smallest absolute Gasteiger partial charge is 0.0685 e. The summed E-state index contributed by atoms with van der Waals surface area (Å²) in [7, 11) is 0. The minimum absolute atomic E-state index is 0.0153. The lowest BCUT2D eigenvalue weighted by atomic mass is 10.00. The van der Waals surface area contributed by atoms with Gasteiger partial charge in [0, 0.05) is 5.02 Å². The van der Waals surface area contributed by atoms with Crippen LogP contribution in [-0.2, 0) is 6.61 Å². The molecule has 0 radical (unpaired) electrons. The fourth-order valence-corrected chi connectivity index (χ4v) is 2.66. The van der Waals surface area contributed by atoms with Gasteiger partial charge in [-0.25, -0.2) is 0 Å². The van der Waals surface area contributed by atoms with Crippen LogP contribution in [-0.4, -0.2) is 5.11 Å². The van der Waals surface area contributed by atoms with Crippen LogP contribution in [0.15, 0.2) is 48.5 Å². The fraction of sp³-hybridized carbons (Fsp3) is 0.143. The van der Waals surface area contributed by atoms with Crippen molar-refractivity contribution in [1.29, 1.82) is 0 Å². The van der Waals surface area contributed by atoms with Crippen LogP contribution in [0.3, 0.4) is 0 Å². The van der Waals surface area contributed by atoms with Gasteiger partial charge in [0.05, 0.1) is 11.4 Å². The summed E-state index contributed by atoms with van der Waals surface area (Å²) in [5.74, 6) is 0. The summed E-state index contributed by atoms with van der Waals surface area (Å²) in [5, 5.41) is 10.0. The van der Waals surface area contributed by atoms with Crippen molar-refractivity contribution in [2.24, 2.45) is 0 Å². The molecule has 0 spiro atoms. The molecule has 0 bridgehead atoms. The van der Waals surface area contributed by atoms with Crippen LogP contribution in [0.4, 0.5) is 0 Å². The third kappa shape index (κ3) is 2.89. The highest BCUT2D eigenvalue weighted by Gasteiger charge is 2.14. The maximum absolute atomic E-state index is 9.34. The predicted octanol–water partition coefficient (Wildman–Crippen LogP) is 4.32. The van der Waals surface area contributed by atoms with E-state index in [-0.39, 0.29) is 11.4 Å². The van der Waals surface area contributed by atoms with Crippen LogP contribution in [0.5, 0.6) is 0 Å². The minimum Gasteiger partial charge on any atom is -0.392 e. The molecular formula is C14H12BrClO. The van der Waals surface area contributed by atoms with Gasteiger partial charge in [0.1, 0.15) is 0 Å². The molecule has 0 fully saturated rings. The summed E-state index contributed by atoms with van der Waals surface area (Å²) in [5.41, 5.74) is 3.04. The van der Waals surface area contributed by atoms with Gasteiger partial charge in [0.15, 0.2) is 0 Å². The highest BCUT2D eigenvalue weighted by molar-refractivity contribution is 9.09. The molecule has 1 N–H and O–H groups in total. The number of aliphatic hydroxyl groups excluding tert-OH is 1. The summed E-state index contributed by atoms with van der Waals surface area (Å²) in [6.07, 6.45) is 0. The Morgan fingerprint density at radius 1 is 1.12 bits per heavy atom. The van der Waals surface area contributed by atoms with Crippen molar-refractivity contribution in [2.75, 3.05) is 0 Å². The highest BCUT2D eigenvalue weighted by Crippen LogP contribution is 2.34. The van der Waals surface area contributed by atoms with E-state index in [0.29, 0.717) is 5.02 Å². The van der Waals surface area contributed by atoms with Crippen molar-refractivity contribution >= 4 is 27.5 Å². The molecule has 2 rings (SSSR count). The van der Waals surface area contributed by atoms with E-state index in [1.165, 1.54) is 0 Å². The number of hydrogen-bond donors (Lipinski definition) is 1. The van der Waals surface area contributed by atoms with Gasteiger partial charge in [-0.2, -0.15) is 0 Å². The minimum atomic E-state index is 0.0153. The maximum atomic E-state index is 9.34. The Hall–Kier alpha value is -0.830. The van der Waals surface area contributed by atoms with Gasteiger partial charge in [-0.05, 0) is 28.8 Å². The lowest BCUT2D eigenvalue weighted by Gasteiger charge is -2.14. The van der Waals surface area contributed by atoms with Crippen LogP contribution in [0.25, 0.3) is 0 Å². The molecule has 88 valence electrons. The van der Waals surface area contributed by atoms with E-state index in [0.717, 1.165) is 16.7 Å². The lowest BCUT2D eigenvalue weighted by molar-refractivity contribution is 0.281. The third-order valence-corrected chi connectivity index (χ3v) is 3.90. The van der Waals surface area contributed by atoms with Crippen LogP contribution in [0.2, 0.25) is 5.02 Å². The van der Waals surface area contributed by atoms with Crippen molar-refractivity contribution in [3.8, 4) is 0 Å². The van der Waals surface area contributed by atoms with Gasteiger partial charge in [0.2, 0.25) is 0 Å². The maximum Gasteiger partial charge on any atom is 0.0685 e. The zero-order valence-corrected chi connectivity index (χ0v) is 11.4. The Morgan fingerprint density at radius 3 is 2.47 bits per heavy atom. The van der Waals surface area contributed by atoms with E-state index in [2.05, 4.69) is 15.9 Å². The topological polar surface area (TPSA) is 20.2 Å². The highest BCUT2D eigenvalue weighted by atomic mass is 79.9. The molecule has 17 heavy (non-hydrogen) atoms. The van der Waals surface area contributed by atoms with Crippen LogP contribution in [0.1, 0.15) is 21.5 Å². The standard InChI is InChI=1S/C14H12BrClO/c15-14(10-4-2-1-3-5-10)13-8-12(16)7-6-11(13)9-17/h1-8,14,17H,9H2. The number of aliphatic hydroxyl groups is 1. The fourth-order valence-electron chi connectivity index (χ4n) is 1.75. The van der Waals surface area contributed by atoms with Gasteiger partial charge in [0.25, 0.3) is 0 Å². The van der Waals surface area contributed by atoms with Gasteiger partial charge >= 0.3 is 0 Å². The van der Waals surface area contributed by atoms with E-state index in [1.807, 2.05) is 42.5 Å². The van der Waals surface area contributed by atoms with Crippen LogP contribution >= 0.6 is 27.5 Å². The number of alkyl halides is 1. The molecule has 0 saturated carbocycles. The Kier molecular flexibility index (Phi) is 4.21. The van der Waals surface area contributed by atoms with Crippen molar-refractivity contribution in [1.82, 2.24) is 0 Å². The van der Waals surface area contributed by atoms with E-state index in [1.54, 1.807) is 6.07 Å². The summed E-state index contributed by atoms with van der Waals surface area (Å²) in [6.45, 7) is 0.0153.